The summed E-state index contributed by atoms with van der Waals surface area (Å²) >= 11 is 0. The molecule has 248 valence electrons. The fraction of sp³-hybridized carbons (Fsp3) is 0.0270. The van der Waals surface area contributed by atoms with Crippen LogP contribution in [-0.2, 0) is 20.2 Å². The first kappa shape index (κ1) is 39.3. The third kappa shape index (κ3) is 8.19. The minimum atomic E-state index is -4.83. The molecular formula is C37H26N5Na2O6S2+. The first-order valence-corrected chi connectivity index (χ1v) is 18.0. The molecular weight excluding hydrogens is 721 g/mol. The van der Waals surface area contributed by atoms with E-state index in [2.05, 4.69) is 25.8 Å². The number of rotatable bonds is 8. The molecule has 0 radical (unpaired) electrons. The number of anilines is 2. The first-order chi connectivity index (χ1) is 24.0. The van der Waals surface area contributed by atoms with Crippen molar-refractivity contribution >= 4 is 86.7 Å². The minimum absolute atomic E-state index is 0. The Bertz CT molecular complexity index is 2760. The van der Waals surface area contributed by atoms with Gasteiger partial charge < -0.3 is 9.87 Å². The summed E-state index contributed by atoms with van der Waals surface area (Å²) in [4.78, 5) is -0.592. The molecule has 0 spiro atoms. The maximum absolute atomic E-state index is 12.3. The summed E-state index contributed by atoms with van der Waals surface area (Å²) < 4.78 is 70.5. The van der Waals surface area contributed by atoms with E-state index in [1.54, 1.807) is 54.6 Å². The maximum Gasteiger partial charge on any atom is 1.00 e. The standard InChI is InChI=1S/C37H27N5O6S2.2Na/c1-23-15-17-24(18-16-23)38-34-22-21-33(29-11-6-14-36(37(29)34)50(46,47)48)42-41-32-20-19-31(25-7-2-3-8-26(25)32)40-39-30-12-4-10-28-27(30)9-5-13-35(28)49(43,44)45;;/h2-22,38H,1H3,(H,43,44,45)(H,46,47,48);;/q;2*+1/p-1. The number of fused-ring (bicyclic) bond motifs is 3. The predicted molar refractivity (Wildman–Crippen MR) is 192 cm³/mol. The number of nitrogens with zero attached hydrogens (tertiary/aromatic N) is 4. The molecule has 0 atom stereocenters. The van der Waals surface area contributed by atoms with Crippen molar-refractivity contribution in [2.75, 3.05) is 5.32 Å². The Morgan fingerprint density at radius 1 is 0.519 bits per heavy atom. The van der Waals surface area contributed by atoms with Gasteiger partial charge in [0.25, 0.3) is 10.1 Å². The fourth-order valence-electron chi connectivity index (χ4n) is 5.78. The second-order valence-electron chi connectivity index (χ2n) is 11.4. The van der Waals surface area contributed by atoms with Gasteiger partial charge in [-0.3, -0.25) is 4.55 Å². The SMILES string of the molecule is Cc1ccc(Nc2ccc(N=Nc3ccc(N=Nc4cccc5c(S(=O)(=O)O)cccc45)c4ccccc34)c3cccc(S(=O)(=O)[O-])c23)cc1.[Na+].[Na+]. The Morgan fingerprint density at radius 2 is 0.962 bits per heavy atom. The predicted octanol–water partition coefficient (Wildman–Crippen LogP) is 4.19. The molecule has 11 nitrogen and oxygen atoms in total. The van der Waals surface area contributed by atoms with Crippen molar-refractivity contribution in [1.82, 2.24) is 0 Å². The summed E-state index contributed by atoms with van der Waals surface area (Å²) in [5, 5.41) is 24.0. The number of benzene rings is 7. The number of nitrogens with one attached hydrogen (secondary N) is 1. The molecule has 0 saturated heterocycles. The molecule has 0 bridgehead atoms. The van der Waals surface area contributed by atoms with Crippen LogP contribution < -0.4 is 64.4 Å². The largest absolute Gasteiger partial charge is 1.00 e. The Kier molecular flexibility index (Phi) is 12.1. The third-order valence-electron chi connectivity index (χ3n) is 8.13. The number of hydrogen-bond acceptors (Lipinski definition) is 10. The number of aryl methyl sites for hydroxylation is 1. The van der Waals surface area contributed by atoms with Crippen LogP contribution in [0.1, 0.15) is 5.56 Å². The van der Waals surface area contributed by atoms with Crippen LogP contribution >= 0.6 is 0 Å². The summed E-state index contributed by atoms with van der Waals surface area (Å²) in [6.45, 7) is 1.96. The minimum Gasteiger partial charge on any atom is -0.744 e. The van der Waals surface area contributed by atoms with Crippen LogP contribution in [0.15, 0.2) is 158 Å². The molecule has 0 aliphatic rings. The van der Waals surface area contributed by atoms with E-state index in [0.717, 1.165) is 11.3 Å². The van der Waals surface area contributed by atoms with E-state index >= 15 is 0 Å². The molecule has 0 fully saturated rings. The molecule has 15 heteroatoms. The van der Waals surface area contributed by atoms with Crippen LogP contribution in [0.3, 0.4) is 0 Å². The average molecular weight is 747 g/mol. The van der Waals surface area contributed by atoms with Gasteiger partial charge in [0.05, 0.1) is 27.6 Å². The fourth-order valence-corrected chi connectivity index (χ4v) is 7.21. The van der Waals surface area contributed by atoms with Crippen LogP contribution in [0.4, 0.5) is 34.1 Å². The van der Waals surface area contributed by atoms with E-state index in [4.69, 9.17) is 0 Å². The second kappa shape index (κ2) is 16.0. The topological polar surface area (TPSA) is 173 Å². The Labute approximate surface area is 344 Å². The Hall–Kier alpha value is -3.86. The van der Waals surface area contributed by atoms with E-state index in [1.807, 2.05) is 55.5 Å². The summed E-state index contributed by atoms with van der Waals surface area (Å²) in [5.41, 5.74) is 3.99. The zero-order valence-electron chi connectivity index (χ0n) is 28.2. The summed E-state index contributed by atoms with van der Waals surface area (Å²) in [6.07, 6.45) is 0. The number of hydrogen-bond donors (Lipinski definition) is 2. The molecule has 0 amide bonds. The molecule has 0 aliphatic carbocycles. The van der Waals surface area contributed by atoms with E-state index in [9.17, 15) is 25.9 Å². The summed E-state index contributed by atoms with van der Waals surface area (Å²) in [5.74, 6) is 0. The smallest absolute Gasteiger partial charge is 0.744 e. The van der Waals surface area contributed by atoms with Gasteiger partial charge in [-0.25, -0.2) is 8.42 Å². The quantitative estimate of drug-likeness (QED) is 0.133. The molecule has 52 heavy (non-hydrogen) atoms. The van der Waals surface area contributed by atoms with Gasteiger partial charge in [-0.1, -0.05) is 78.4 Å². The zero-order chi connectivity index (χ0) is 35.0. The third-order valence-corrected chi connectivity index (χ3v) is 9.92. The van der Waals surface area contributed by atoms with Crippen molar-refractivity contribution < 1.29 is 85.1 Å². The van der Waals surface area contributed by atoms with Crippen LogP contribution in [0, 0.1) is 6.92 Å². The molecule has 0 heterocycles. The molecule has 0 saturated carbocycles. The van der Waals surface area contributed by atoms with Crippen molar-refractivity contribution in [3.8, 4) is 0 Å². The van der Waals surface area contributed by atoms with Gasteiger partial charge in [-0.15, -0.1) is 20.5 Å². The van der Waals surface area contributed by atoms with Gasteiger partial charge in [0.2, 0.25) is 0 Å². The van der Waals surface area contributed by atoms with Crippen molar-refractivity contribution in [2.24, 2.45) is 20.5 Å². The normalized spacial score (nSPS) is 12.0. The van der Waals surface area contributed by atoms with Gasteiger partial charge in [0.1, 0.15) is 15.0 Å². The first-order valence-electron chi connectivity index (χ1n) is 15.2. The summed E-state index contributed by atoms with van der Waals surface area (Å²) in [7, 11) is -9.28. The maximum atomic E-state index is 12.3. The molecule has 7 aromatic rings. The van der Waals surface area contributed by atoms with E-state index in [0.29, 0.717) is 55.4 Å². The monoisotopic (exact) mass is 746 g/mol. The van der Waals surface area contributed by atoms with Gasteiger partial charge in [-0.05, 0) is 61.5 Å². The molecule has 7 aromatic carbocycles. The van der Waals surface area contributed by atoms with E-state index in [-0.39, 0.29) is 74.3 Å². The Balaban J connectivity index is 0.00000261. The van der Waals surface area contributed by atoms with Gasteiger partial charge >= 0.3 is 59.1 Å². The Morgan fingerprint density at radius 3 is 1.54 bits per heavy atom. The van der Waals surface area contributed by atoms with Gasteiger partial charge in [0, 0.05) is 43.7 Å². The van der Waals surface area contributed by atoms with Gasteiger partial charge in [0.15, 0.2) is 0 Å². The van der Waals surface area contributed by atoms with Crippen LogP contribution in [0.2, 0.25) is 0 Å². The second-order valence-corrected chi connectivity index (χ2v) is 14.1. The van der Waals surface area contributed by atoms with E-state index < -0.39 is 20.2 Å². The number of azo groups is 2. The zero-order valence-corrected chi connectivity index (χ0v) is 33.9. The van der Waals surface area contributed by atoms with Crippen molar-refractivity contribution in [3.05, 3.63) is 133 Å². The van der Waals surface area contributed by atoms with Crippen molar-refractivity contribution in [3.63, 3.8) is 0 Å². The molecule has 7 rings (SSSR count). The van der Waals surface area contributed by atoms with Gasteiger partial charge in [-0.2, -0.15) is 8.42 Å². The molecule has 0 aromatic heterocycles. The molecule has 0 aliphatic heterocycles. The van der Waals surface area contributed by atoms with E-state index in [1.165, 1.54) is 24.3 Å². The van der Waals surface area contributed by atoms with Crippen LogP contribution in [0.5, 0.6) is 0 Å². The van der Waals surface area contributed by atoms with Crippen LogP contribution in [0.25, 0.3) is 32.3 Å². The molecule has 0 unspecified atom stereocenters. The van der Waals surface area contributed by atoms with Crippen LogP contribution in [-0.4, -0.2) is 25.9 Å². The summed E-state index contributed by atoms with van der Waals surface area (Å²) in [6, 6.07) is 35.7. The van der Waals surface area contributed by atoms with Crippen molar-refractivity contribution in [2.45, 2.75) is 16.7 Å². The average Bonchev–Trinajstić information content (AvgIpc) is 3.10. The van der Waals surface area contributed by atoms with Crippen molar-refractivity contribution in [1.29, 1.82) is 0 Å². The molecule has 2 N–H and O–H groups in total.